The zero-order valence-corrected chi connectivity index (χ0v) is 7.68. The molecule has 0 aromatic heterocycles. The topological polar surface area (TPSA) is 9.23 Å². The predicted octanol–water partition coefficient (Wildman–Crippen LogP) is 2.40. The average molecular weight is 193 g/mol. The molecule has 9 heavy (non-hydrogen) atoms. The lowest BCUT2D eigenvalue weighted by Crippen LogP contribution is -2.11. The normalized spacial score (nSPS) is 52.0. The fraction of sp³-hybridized carbons (Fsp3) is 1.00. The first kappa shape index (κ1) is 7.55. The number of halogens is 1. The largest absolute Gasteiger partial charge is 0.363 e. The van der Waals surface area contributed by atoms with Gasteiger partial charge in [0.15, 0.2) is 0 Å². The van der Waals surface area contributed by atoms with Gasteiger partial charge in [0.25, 0.3) is 0 Å². The van der Waals surface area contributed by atoms with Gasteiger partial charge < -0.3 is 4.74 Å². The molecule has 1 saturated heterocycles. The van der Waals surface area contributed by atoms with Crippen LogP contribution in [0.4, 0.5) is 0 Å². The van der Waals surface area contributed by atoms with Gasteiger partial charge >= 0.3 is 0 Å². The van der Waals surface area contributed by atoms with Crippen LogP contribution in [0.15, 0.2) is 0 Å². The molecule has 54 valence electrons. The van der Waals surface area contributed by atoms with E-state index in [1.807, 2.05) is 0 Å². The highest BCUT2D eigenvalue weighted by atomic mass is 79.9. The van der Waals surface area contributed by atoms with Crippen molar-refractivity contribution in [2.45, 2.75) is 31.9 Å². The first-order valence-electron chi connectivity index (χ1n) is 3.42. The standard InChI is InChI=1S/C7H13BrO/c1-4-5(2)7(8)9-6(4)3/h4-7H,1-3H3. The van der Waals surface area contributed by atoms with Crippen LogP contribution in [-0.4, -0.2) is 11.1 Å². The smallest absolute Gasteiger partial charge is 0.115 e. The van der Waals surface area contributed by atoms with E-state index < -0.39 is 0 Å². The van der Waals surface area contributed by atoms with E-state index in [0.29, 0.717) is 17.9 Å². The summed E-state index contributed by atoms with van der Waals surface area (Å²) in [5, 5.41) is 0.280. The Balaban J connectivity index is 2.54. The fourth-order valence-electron chi connectivity index (χ4n) is 1.12. The third-order valence-corrected chi connectivity index (χ3v) is 3.38. The summed E-state index contributed by atoms with van der Waals surface area (Å²) in [4.78, 5) is 0. The number of hydrogen-bond donors (Lipinski definition) is 0. The number of alkyl halides is 1. The zero-order valence-electron chi connectivity index (χ0n) is 6.10. The van der Waals surface area contributed by atoms with E-state index in [2.05, 4.69) is 36.7 Å². The first-order chi connectivity index (χ1) is 4.13. The third kappa shape index (κ3) is 1.30. The summed E-state index contributed by atoms with van der Waals surface area (Å²) in [6.07, 6.45) is 0.421. The molecule has 1 fully saturated rings. The second-order valence-corrected chi connectivity index (χ2v) is 3.81. The maximum absolute atomic E-state index is 5.50. The van der Waals surface area contributed by atoms with Crippen molar-refractivity contribution in [2.75, 3.05) is 0 Å². The second kappa shape index (κ2) is 2.59. The Morgan fingerprint density at radius 3 is 1.78 bits per heavy atom. The molecule has 0 amide bonds. The van der Waals surface area contributed by atoms with Crippen LogP contribution >= 0.6 is 15.9 Å². The van der Waals surface area contributed by atoms with Gasteiger partial charge in [0.1, 0.15) is 5.01 Å². The SMILES string of the molecule is CC1OC(Br)C(C)C1C. The van der Waals surface area contributed by atoms with Crippen LogP contribution in [0.3, 0.4) is 0 Å². The molecule has 0 saturated carbocycles. The lowest BCUT2D eigenvalue weighted by Gasteiger charge is -2.09. The van der Waals surface area contributed by atoms with Crippen LogP contribution in [0.2, 0.25) is 0 Å². The van der Waals surface area contributed by atoms with Gasteiger partial charge in [0.05, 0.1) is 6.10 Å². The molecule has 4 unspecified atom stereocenters. The maximum atomic E-state index is 5.50. The summed E-state index contributed by atoms with van der Waals surface area (Å²) in [7, 11) is 0. The van der Waals surface area contributed by atoms with Crippen molar-refractivity contribution < 1.29 is 4.74 Å². The van der Waals surface area contributed by atoms with E-state index in [4.69, 9.17) is 4.74 Å². The molecule has 0 N–H and O–H groups in total. The first-order valence-corrected chi connectivity index (χ1v) is 4.34. The molecule has 0 aromatic carbocycles. The maximum Gasteiger partial charge on any atom is 0.115 e. The molecule has 0 radical (unpaired) electrons. The van der Waals surface area contributed by atoms with E-state index >= 15 is 0 Å². The van der Waals surface area contributed by atoms with E-state index in [0.717, 1.165) is 0 Å². The predicted molar refractivity (Wildman–Crippen MR) is 41.6 cm³/mol. The monoisotopic (exact) mass is 192 g/mol. The van der Waals surface area contributed by atoms with Crippen molar-refractivity contribution in [1.29, 1.82) is 0 Å². The zero-order chi connectivity index (χ0) is 7.02. The molecule has 1 aliphatic rings. The molecule has 1 nitrogen and oxygen atoms in total. The van der Waals surface area contributed by atoms with E-state index in [9.17, 15) is 0 Å². The van der Waals surface area contributed by atoms with E-state index in [1.54, 1.807) is 0 Å². The molecular formula is C7H13BrO. The average Bonchev–Trinajstić information content (AvgIpc) is 1.98. The van der Waals surface area contributed by atoms with Gasteiger partial charge in [-0.25, -0.2) is 0 Å². The summed E-state index contributed by atoms with van der Waals surface area (Å²) in [6.45, 7) is 6.58. The van der Waals surface area contributed by atoms with Gasteiger partial charge in [-0.3, -0.25) is 0 Å². The molecule has 0 spiro atoms. The Morgan fingerprint density at radius 1 is 1.11 bits per heavy atom. The lowest BCUT2D eigenvalue weighted by molar-refractivity contribution is 0.0933. The number of ether oxygens (including phenoxy) is 1. The summed E-state index contributed by atoms with van der Waals surface area (Å²) in [5.41, 5.74) is 0. The fourth-order valence-corrected chi connectivity index (χ4v) is 1.94. The van der Waals surface area contributed by atoms with E-state index in [1.165, 1.54) is 0 Å². The minimum Gasteiger partial charge on any atom is -0.363 e. The Kier molecular flexibility index (Phi) is 2.17. The quantitative estimate of drug-likeness (QED) is 0.536. The Labute approximate surface area is 64.9 Å². The van der Waals surface area contributed by atoms with E-state index in [-0.39, 0.29) is 5.01 Å². The van der Waals surface area contributed by atoms with Crippen molar-refractivity contribution in [2.24, 2.45) is 11.8 Å². The van der Waals surface area contributed by atoms with Gasteiger partial charge in [-0.1, -0.05) is 29.8 Å². The minimum absolute atomic E-state index is 0.280. The van der Waals surface area contributed by atoms with Crippen molar-refractivity contribution in [3.63, 3.8) is 0 Å². The molecule has 2 heteroatoms. The van der Waals surface area contributed by atoms with Crippen molar-refractivity contribution in [3.05, 3.63) is 0 Å². The molecule has 0 aliphatic carbocycles. The van der Waals surface area contributed by atoms with Gasteiger partial charge in [-0.2, -0.15) is 0 Å². The van der Waals surface area contributed by atoms with Gasteiger partial charge in [-0.05, 0) is 18.8 Å². The van der Waals surface area contributed by atoms with Crippen LogP contribution in [0.25, 0.3) is 0 Å². The Morgan fingerprint density at radius 2 is 1.67 bits per heavy atom. The highest BCUT2D eigenvalue weighted by molar-refractivity contribution is 9.09. The van der Waals surface area contributed by atoms with Gasteiger partial charge in [-0.15, -0.1) is 0 Å². The van der Waals surface area contributed by atoms with Crippen molar-refractivity contribution in [3.8, 4) is 0 Å². The summed E-state index contributed by atoms with van der Waals surface area (Å²) >= 11 is 3.46. The molecular weight excluding hydrogens is 180 g/mol. The Hall–Kier alpha value is 0.440. The highest BCUT2D eigenvalue weighted by Crippen LogP contribution is 2.34. The highest BCUT2D eigenvalue weighted by Gasteiger charge is 2.34. The van der Waals surface area contributed by atoms with Crippen LogP contribution < -0.4 is 0 Å². The van der Waals surface area contributed by atoms with Crippen LogP contribution in [0.5, 0.6) is 0 Å². The summed E-state index contributed by atoms with van der Waals surface area (Å²) in [5.74, 6) is 1.34. The molecule has 4 atom stereocenters. The summed E-state index contributed by atoms with van der Waals surface area (Å²) in [6, 6.07) is 0. The van der Waals surface area contributed by atoms with Crippen LogP contribution in [0, 0.1) is 11.8 Å². The third-order valence-electron chi connectivity index (χ3n) is 2.33. The molecule has 0 aromatic rings. The number of hydrogen-bond acceptors (Lipinski definition) is 1. The summed E-state index contributed by atoms with van der Waals surface area (Å²) < 4.78 is 5.50. The number of rotatable bonds is 0. The molecule has 1 heterocycles. The van der Waals surface area contributed by atoms with Gasteiger partial charge in [0, 0.05) is 0 Å². The Bertz CT molecular complexity index is 93.1. The molecule has 1 rings (SSSR count). The van der Waals surface area contributed by atoms with Crippen LogP contribution in [-0.2, 0) is 4.74 Å². The lowest BCUT2D eigenvalue weighted by atomic mass is 9.96. The second-order valence-electron chi connectivity index (χ2n) is 2.91. The van der Waals surface area contributed by atoms with Crippen molar-refractivity contribution in [1.82, 2.24) is 0 Å². The molecule has 1 aliphatic heterocycles. The van der Waals surface area contributed by atoms with Crippen LogP contribution in [0.1, 0.15) is 20.8 Å². The molecule has 0 bridgehead atoms. The van der Waals surface area contributed by atoms with Crippen molar-refractivity contribution >= 4 is 15.9 Å². The van der Waals surface area contributed by atoms with Gasteiger partial charge in [0.2, 0.25) is 0 Å². The minimum atomic E-state index is 0.280.